The van der Waals surface area contributed by atoms with Crippen molar-refractivity contribution in [2.45, 2.75) is 39.7 Å². The molecule has 1 nitrogen and oxygen atoms in total. The highest BCUT2D eigenvalue weighted by Gasteiger charge is 2.44. The van der Waals surface area contributed by atoms with Crippen LogP contribution < -0.4 is 5.32 Å². The second-order valence-corrected chi connectivity index (χ2v) is 5.31. The van der Waals surface area contributed by atoms with Crippen molar-refractivity contribution in [2.75, 3.05) is 6.54 Å². The Hall–Kier alpha value is -0.0400. The molecule has 1 aliphatic carbocycles. The highest BCUT2D eigenvalue weighted by atomic mass is 15.0. The van der Waals surface area contributed by atoms with Crippen LogP contribution in [-0.4, -0.2) is 12.6 Å². The number of rotatable bonds is 0. The zero-order chi connectivity index (χ0) is 8.06. The fourth-order valence-corrected chi connectivity index (χ4v) is 2.90. The Bertz CT molecular complexity index is 157. The Balaban J connectivity index is 2.08. The van der Waals surface area contributed by atoms with Crippen molar-refractivity contribution in [3.05, 3.63) is 0 Å². The number of nitrogens with one attached hydrogen (secondary N) is 1. The third-order valence-corrected chi connectivity index (χ3v) is 3.48. The van der Waals surface area contributed by atoms with E-state index >= 15 is 0 Å². The molecule has 1 saturated carbocycles. The van der Waals surface area contributed by atoms with E-state index in [9.17, 15) is 0 Å². The van der Waals surface area contributed by atoms with Crippen molar-refractivity contribution >= 4 is 0 Å². The van der Waals surface area contributed by atoms with Crippen molar-refractivity contribution in [1.82, 2.24) is 5.32 Å². The van der Waals surface area contributed by atoms with Crippen molar-refractivity contribution in [1.29, 1.82) is 0 Å². The molecule has 64 valence electrons. The molecular weight excluding hydrogens is 134 g/mol. The van der Waals surface area contributed by atoms with E-state index in [0.29, 0.717) is 5.41 Å². The summed E-state index contributed by atoms with van der Waals surface area (Å²) in [6.45, 7) is 8.45. The van der Waals surface area contributed by atoms with Crippen molar-refractivity contribution in [3.8, 4) is 0 Å². The van der Waals surface area contributed by atoms with Crippen LogP contribution in [-0.2, 0) is 0 Å². The van der Waals surface area contributed by atoms with Gasteiger partial charge in [0.05, 0.1) is 0 Å². The van der Waals surface area contributed by atoms with Gasteiger partial charge < -0.3 is 5.32 Å². The summed E-state index contributed by atoms with van der Waals surface area (Å²) < 4.78 is 0. The molecule has 2 fully saturated rings. The van der Waals surface area contributed by atoms with E-state index in [2.05, 4.69) is 26.1 Å². The van der Waals surface area contributed by atoms with E-state index in [1.165, 1.54) is 19.4 Å². The minimum atomic E-state index is 0.543. The van der Waals surface area contributed by atoms with Gasteiger partial charge in [-0.05, 0) is 36.6 Å². The predicted molar refractivity (Wildman–Crippen MR) is 47.5 cm³/mol. The summed E-state index contributed by atoms with van der Waals surface area (Å²) in [7, 11) is 0. The third kappa shape index (κ3) is 1.20. The maximum absolute atomic E-state index is 3.56. The number of hydrogen-bond acceptors (Lipinski definition) is 1. The van der Waals surface area contributed by atoms with E-state index in [1.807, 2.05) is 0 Å². The summed E-state index contributed by atoms with van der Waals surface area (Å²) in [4.78, 5) is 0. The van der Waals surface area contributed by atoms with Crippen LogP contribution in [0.1, 0.15) is 33.6 Å². The molecule has 1 aliphatic heterocycles. The Morgan fingerprint density at radius 1 is 1.18 bits per heavy atom. The van der Waals surface area contributed by atoms with Gasteiger partial charge in [0.25, 0.3) is 0 Å². The second kappa shape index (κ2) is 2.22. The molecule has 0 aromatic rings. The Labute approximate surface area is 69.6 Å². The van der Waals surface area contributed by atoms with Gasteiger partial charge in [0, 0.05) is 6.04 Å². The molecular formula is C10H19N. The average molecular weight is 153 g/mol. The van der Waals surface area contributed by atoms with Crippen molar-refractivity contribution in [3.63, 3.8) is 0 Å². The molecule has 2 unspecified atom stereocenters. The first-order valence-corrected chi connectivity index (χ1v) is 4.81. The molecule has 2 aliphatic rings. The van der Waals surface area contributed by atoms with Crippen molar-refractivity contribution < 1.29 is 0 Å². The fourth-order valence-electron chi connectivity index (χ4n) is 2.90. The standard InChI is InChI=1S/C10H19N/c1-10(2,3)9-5-8-4-7(9)6-11-8/h7-9,11H,4-6H2,1-3H3/t7?,8-,9?/m1/s1. The fraction of sp³-hybridized carbons (Fsp3) is 1.00. The summed E-state index contributed by atoms with van der Waals surface area (Å²) in [5, 5.41) is 3.56. The summed E-state index contributed by atoms with van der Waals surface area (Å²) >= 11 is 0. The highest BCUT2D eigenvalue weighted by Crippen LogP contribution is 2.46. The zero-order valence-electron chi connectivity index (χ0n) is 7.85. The molecule has 0 aromatic heterocycles. The lowest BCUT2D eigenvalue weighted by Gasteiger charge is -2.34. The Morgan fingerprint density at radius 3 is 2.18 bits per heavy atom. The number of piperidine rings is 1. The van der Waals surface area contributed by atoms with Crippen LogP contribution in [0.4, 0.5) is 0 Å². The van der Waals surface area contributed by atoms with Crippen LogP contribution in [0.5, 0.6) is 0 Å². The molecule has 1 heteroatoms. The second-order valence-electron chi connectivity index (χ2n) is 5.31. The van der Waals surface area contributed by atoms with E-state index in [0.717, 1.165) is 17.9 Å². The first-order chi connectivity index (χ1) is 5.07. The first-order valence-electron chi connectivity index (χ1n) is 4.81. The maximum atomic E-state index is 3.56. The normalized spacial score (nSPS) is 43.4. The van der Waals surface area contributed by atoms with Gasteiger partial charge in [-0.3, -0.25) is 0 Å². The van der Waals surface area contributed by atoms with Crippen molar-refractivity contribution in [2.24, 2.45) is 17.3 Å². The Kier molecular flexibility index (Phi) is 1.54. The van der Waals surface area contributed by atoms with Gasteiger partial charge in [-0.15, -0.1) is 0 Å². The minimum Gasteiger partial charge on any atom is -0.314 e. The summed E-state index contributed by atoms with van der Waals surface area (Å²) in [6, 6.07) is 0.865. The maximum Gasteiger partial charge on any atom is 0.00733 e. The van der Waals surface area contributed by atoms with Gasteiger partial charge in [0.1, 0.15) is 0 Å². The van der Waals surface area contributed by atoms with Gasteiger partial charge in [0.15, 0.2) is 0 Å². The molecule has 1 saturated heterocycles. The topological polar surface area (TPSA) is 12.0 Å². The predicted octanol–water partition coefficient (Wildman–Crippen LogP) is 2.03. The molecule has 2 rings (SSSR count). The molecule has 0 radical (unpaired) electrons. The van der Waals surface area contributed by atoms with Crippen LogP contribution in [0.3, 0.4) is 0 Å². The molecule has 0 amide bonds. The van der Waals surface area contributed by atoms with Gasteiger partial charge >= 0.3 is 0 Å². The largest absolute Gasteiger partial charge is 0.314 e. The molecule has 2 bridgehead atoms. The third-order valence-electron chi connectivity index (χ3n) is 3.48. The summed E-state index contributed by atoms with van der Waals surface area (Å²) in [5.74, 6) is 1.97. The SMILES string of the molecule is CC(C)(C)C1C[C@H]2CC1CN2. The molecule has 11 heavy (non-hydrogen) atoms. The minimum absolute atomic E-state index is 0.543. The highest BCUT2D eigenvalue weighted by molar-refractivity contribution is 4.98. The molecule has 1 N–H and O–H groups in total. The molecule has 1 heterocycles. The van der Waals surface area contributed by atoms with Gasteiger partial charge in [-0.25, -0.2) is 0 Å². The lowest BCUT2D eigenvalue weighted by Crippen LogP contribution is -2.35. The van der Waals surface area contributed by atoms with Gasteiger partial charge in [-0.1, -0.05) is 20.8 Å². The van der Waals surface area contributed by atoms with Crippen LogP contribution in [0, 0.1) is 17.3 Å². The van der Waals surface area contributed by atoms with Crippen LogP contribution >= 0.6 is 0 Å². The van der Waals surface area contributed by atoms with Gasteiger partial charge in [-0.2, -0.15) is 0 Å². The smallest absolute Gasteiger partial charge is 0.00733 e. The monoisotopic (exact) mass is 153 g/mol. The quantitative estimate of drug-likeness (QED) is 0.561. The van der Waals surface area contributed by atoms with Crippen LogP contribution in [0.25, 0.3) is 0 Å². The Morgan fingerprint density at radius 2 is 1.91 bits per heavy atom. The molecule has 0 spiro atoms. The lowest BCUT2D eigenvalue weighted by molar-refractivity contribution is 0.170. The summed E-state index contributed by atoms with van der Waals surface area (Å²) in [6.07, 6.45) is 2.87. The zero-order valence-corrected chi connectivity index (χ0v) is 7.85. The van der Waals surface area contributed by atoms with E-state index in [-0.39, 0.29) is 0 Å². The molecule has 0 aromatic carbocycles. The van der Waals surface area contributed by atoms with E-state index in [1.54, 1.807) is 0 Å². The molecule has 3 atom stereocenters. The van der Waals surface area contributed by atoms with Crippen LogP contribution in [0.15, 0.2) is 0 Å². The van der Waals surface area contributed by atoms with Gasteiger partial charge in [0.2, 0.25) is 0 Å². The number of fused-ring (bicyclic) bond motifs is 2. The van der Waals surface area contributed by atoms with Crippen LogP contribution in [0.2, 0.25) is 0 Å². The summed E-state index contributed by atoms with van der Waals surface area (Å²) in [5.41, 5.74) is 0.543. The van der Waals surface area contributed by atoms with E-state index in [4.69, 9.17) is 0 Å². The first kappa shape index (κ1) is 7.60. The average Bonchev–Trinajstić information content (AvgIpc) is 2.42. The van der Waals surface area contributed by atoms with E-state index < -0.39 is 0 Å². The lowest BCUT2D eigenvalue weighted by atomic mass is 9.74. The number of hydrogen-bond donors (Lipinski definition) is 1.